The Morgan fingerprint density at radius 2 is 2.33 bits per heavy atom. The second-order valence-corrected chi connectivity index (χ2v) is 1.61. The molecular weight excluding hydrogens is 117 g/mol. The van der Waals surface area contributed by atoms with Gasteiger partial charge in [0.25, 0.3) is 0 Å². The lowest BCUT2D eigenvalue weighted by atomic mass is 10.0. The van der Waals surface area contributed by atoms with Crippen LogP contribution in [0.5, 0.6) is 0 Å². The van der Waals surface area contributed by atoms with Crippen molar-refractivity contribution in [2.45, 2.75) is 12.7 Å². The molecule has 0 atom stereocenters. The maximum atomic E-state index is 10.7. The Hall–Kier alpha value is -0.505. The molecule has 0 saturated heterocycles. The van der Waals surface area contributed by atoms with E-state index >= 15 is 0 Å². The van der Waals surface area contributed by atoms with E-state index in [2.05, 4.69) is 4.84 Å². The first-order valence-electron chi connectivity index (χ1n) is 2.73. The lowest BCUT2D eigenvalue weighted by molar-refractivity contribution is -0.168. The standard InChI is InChI=1S/C5H10BNO2/c1-7(9-2)5(8)3-4-6/h3-4H2,1-2H3. The molecule has 0 aromatic rings. The van der Waals surface area contributed by atoms with Crippen molar-refractivity contribution in [2.75, 3.05) is 14.2 Å². The van der Waals surface area contributed by atoms with Gasteiger partial charge in [0.1, 0.15) is 0 Å². The van der Waals surface area contributed by atoms with Gasteiger partial charge in [0.2, 0.25) is 5.91 Å². The molecule has 0 unspecified atom stereocenters. The van der Waals surface area contributed by atoms with Crippen molar-refractivity contribution in [3.05, 3.63) is 0 Å². The van der Waals surface area contributed by atoms with E-state index in [1.165, 1.54) is 7.11 Å². The number of rotatable bonds is 3. The predicted octanol–water partition coefficient (Wildman–Crippen LogP) is -0.0169. The molecule has 0 bridgehead atoms. The van der Waals surface area contributed by atoms with Gasteiger partial charge >= 0.3 is 0 Å². The highest BCUT2D eigenvalue weighted by molar-refractivity contribution is 6.09. The molecule has 0 aliphatic rings. The summed E-state index contributed by atoms with van der Waals surface area (Å²) in [6.45, 7) is 0. The quantitative estimate of drug-likeness (QED) is 0.394. The minimum atomic E-state index is -0.0972. The molecule has 50 valence electrons. The minimum Gasteiger partial charge on any atom is -0.275 e. The molecule has 2 radical (unpaired) electrons. The van der Waals surface area contributed by atoms with Crippen molar-refractivity contribution in [2.24, 2.45) is 0 Å². The van der Waals surface area contributed by atoms with E-state index in [9.17, 15) is 4.79 Å². The van der Waals surface area contributed by atoms with Crippen molar-refractivity contribution < 1.29 is 9.63 Å². The molecule has 4 heteroatoms. The van der Waals surface area contributed by atoms with Crippen LogP contribution in [0.25, 0.3) is 0 Å². The highest BCUT2D eigenvalue weighted by atomic mass is 16.7. The number of amides is 1. The zero-order chi connectivity index (χ0) is 7.28. The third-order valence-electron chi connectivity index (χ3n) is 0.983. The number of carbonyl (C=O) groups is 1. The van der Waals surface area contributed by atoms with Crippen molar-refractivity contribution in [3.63, 3.8) is 0 Å². The van der Waals surface area contributed by atoms with Gasteiger partial charge in [-0.2, -0.15) is 0 Å². The lowest BCUT2D eigenvalue weighted by Crippen LogP contribution is -2.24. The fourth-order valence-electron chi connectivity index (χ4n) is 0.383. The third-order valence-corrected chi connectivity index (χ3v) is 0.983. The Balaban J connectivity index is 3.46. The summed E-state index contributed by atoms with van der Waals surface area (Å²) >= 11 is 0. The van der Waals surface area contributed by atoms with Crippen LogP contribution in [0.4, 0.5) is 0 Å². The maximum absolute atomic E-state index is 10.7. The predicted molar refractivity (Wildman–Crippen MR) is 35.0 cm³/mol. The second-order valence-electron chi connectivity index (χ2n) is 1.61. The van der Waals surface area contributed by atoms with Crippen molar-refractivity contribution in [3.8, 4) is 0 Å². The molecule has 0 aliphatic carbocycles. The summed E-state index contributed by atoms with van der Waals surface area (Å²) in [6.07, 6.45) is 0.705. The molecule has 1 amide bonds. The minimum absolute atomic E-state index is 0.0972. The van der Waals surface area contributed by atoms with Gasteiger partial charge in [-0.3, -0.25) is 9.63 Å². The van der Waals surface area contributed by atoms with Gasteiger partial charge in [-0.25, -0.2) is 5.06 Å². The highest BCUT2D eigenvalue weighted by Gasteiger charge is 2.03. The Bertz CT molecular complexity index is 97.0. The summed E-state index contributed by atoms with van der Waals surface area (Å²) in [5.74, 6) is -0.0972. The van der Waals surface area contributed by atoms with Gasteiger partial charge < -0.3 is 0 Å². The topological polar surface area (TPSA) is 29.5 Å². The summed E-state index contributed by atoms with van der Waals surface area (Å²) in [7, 11) is 8.11. The Labute approximate surface area is 56.3 Å². The zero-order valence-corrected chi connectivity index (χ0v) is 5.76. The van der Waals surface area contributed by atoms with Crippen molar-refractivity contribution in [1.82, 2.24) is 5.06 Å². The van der Waals surface area contributed by atoms with Crippen LogP contribution in [0.3, 0.4) is 0 Å². The van der Waals surface area contributed by atoms with E-state index < -0.39 is 0 Å². The van der Waals surface area contributed by atoms with Crippen LogP contribution in [0.15, 0.2) is 0 Å². The summed E-state index contributed by atoms with van der Waals surface area (Å²) in [6, 6.07) is 0. The average molecular weight is 127 g/mol. The molecule has 0 rings (SSSR count). The van der Waals surface area contributed by atoms with Crippen molar-refractivity contribution in [1.29, 1.82) is 0 Å². The SMILES string of the molecule is [B]CCC(=O)N(C)OC. The largest absolute Gasteiger partial charge is 0.275 e. The van der Waals surface area contributed by atoms with Gasteiger partial charge in [0.15, 0.2) is 0 Å². The highest BCUT2D eigenvalue weighted by Crippen LogP contribution is 1.91. The number of hydroxylamine groups is 2. The average Bonchev–Trinajstić information content (AvgIpc) is 1.87. The fraction of sp³-hybridized carbons (Fsp3) is 0.800. The van der Waals surface area contributed by atoms with Crippen molar-refractivity contribution >= 4 is 13.8 Å². The molecule has 0 aliphatic heterocycles. The Morgan fingerprint density at radius 1 is 1.78 bits per heavy atom. The van der Waals surface area contributed by atoms with E-state index in [-0.39, 0.29) is 5.91 Å². The van der Waals surface area contributed by atoms with Crippen LogP contribution >= 0.6 is 0 Å². The molecule has 0 saturated carbocycles. The molecule has 0 aromatic heterocycles. The maximum Gasteiger partial charge on any atom is 0.245 e. The van der Waals surface area contributed by atoms with Crippen LogP contribution in [-0.2, 0) is 9.63 Å². The van der Waals surface area contributed by atoms with Crippen LogP contribution in [0.1, 0.15) is 6.42 Å². The van der Waals surface area contributed by atoms with E-state index in [4.69, 9.17) is 7.85 Å². The third kappa shape index (κ3) is 3.14. The molecule has 0 N–H and O–H groups in total. The molecule has 0 heterocycles. The van der Waals surface area contributed by atoms with E-state index in [0.717, 1.165) is 5.06 Å². The molecule has 0 aromatic carbocycles. The molecule has 0 fully saturated rings. The molecular formula is C5H10BNO2. The summed E-state index contributed by atoms with van der Waals surface area (Å²) in [5, 5.41) is 1.16. The van der Waals surface area contributed by atoms with Crippen LogP contribution in [-0.4, -0.2) is 33.0 Å². The molecule has 9 heavy (non-hydrogen) atoms. The van der Waals surface area contributed by atoms with Crippen LogP contribution in [0, 0.1) is 0 Å². The molecule has 0 spiro atoms. The lowest BCUT2D eigenvalue weighted by Gasteiger charge is -2.11. The first-order valence-corrected chi connectivity index (χ1v) is 2.73. The first-order chi connectivity index (χ1) is 4.22. The first kappa shape index (κ1) is 8.49. The molecule has 3 nitrogen and oxygen atoms in total. The number of carbonyl (C=O) groups excluding carboxylic acids is 1. The van der Waals surface area contributed by atoms with E-state index in [1.54, 1.807) is 7.05 Å². The van der Waals surface area contributed by atoms with Gasteiger partial charge in [0, 0.05) is 13.5 Å². The fourth-order valence-corrected chi connectivity index (χ4v) is 0.383. The van der Waals surface area contributed by atoms with Gasteiger partial charge in [-0.15, -0.1) is 0 Å². The monoisotopic (exact) mass is 127 g/mol. The Kier molecular flexibility index (Phi) is 4.14. The number of hydrogen-bond acceptors (Lipinski definition) is 2. The second kappa shape index (κ2) is 4.38. The number of nitrogens with zero attached hydrogens (tertiary/aromatic N) is 1. The van der Waals surface area contributed by atoms with E-state index in [1.807, 2.05) is 0 Å². The number of hydrogen-bond donors (Lipinski definition) is 0. The van der Waals surface area contributed by atoms with E-state index in [0.29, 0.717) is 12.7 Å². The van der Waals surface area contributed by atoms with Gasteiger partial charge in [-0.1, -0.05) is 6.32 Å². The summed E-state index contributed by atoms with van der Waals surface area (Å²) < 4.78 is 0. The van der Waals surface area contributed by atoms with Gasteiger partial charge in [0.05, 0.1) is 15.0 Å². The summed E-state index contributed by atoms with van der Waals surface area (Å²) in [5.41, 5.74) is 0. The van der Waals surface area contributed by atoms with Gasteiger partial charge in [-0.05, 0) is 0 Å². The Morgan fingerprint density at radius 3 is 2.67 bits per heavy atom. The summed E-state index contributed by atoms with van der Waals surface area (Å²) in [4.78, 5) is 15.3. The smallest absolute Gasteiger partial charge is 0.245 e. The van der Waals surface area contributed by atoms with Crippen LogP contribution < -0.4 is 0 Å². The van der Waals surface area contributed by atoms with Crippen LogP contribution in [0.2, 0.25) is 6.32 Å². The zero-order valence-electron chi connectivity index (χ0n) is 5.76. The normalized spacial score (nSPS) is 9.11.